The highest BCUT2D eigenvalue weighted by Crippen LogP contribution is 2.26. The summed E-state index contributed by atoms with van der Waals surface area (Å²) in [4.78, 5) is 11.6. The molecular formula is C16H13F5N2O2. The van der Waals surface area contributed by atoms with Crippen molar-refractivity contribution >= 4 is 11.6 Å². The lowest BCUT2D eigenvalue weighted by atomic mass is 10.2. The maximum absolute atomic E-state index is 13.4. The zero-order valence-electron chi connectivity index (χ0n) is 12.9. The van der Waals surface area contributed by atoms with E-state index in [0.717, 1.165) is 12.0 Å². The van der Waals surface area contributed by atoms with E-state index >= 15 is 0 Å². The number of anilines is 1. The van der Waals surface area contributed by atoms with E-state index in [-0.39, 0.29) is 0 Å². The largest absolute Gasteiger partial charge is 0.484 e. The number of rotatable bonds is 6. The number of ether oxygens (including phenoxy) is 1. The highest BCUT2D eigenvalue weighted by Gasteiger charge is 2.26. The van der Waals surface area contributed by atoms with E-state index < -0.39 is 47.3 Å². The Kier molecular flexibility index (Phi) is 5.79. The number of carbonyl (C=O) groups is 1. The number of carbonyl (C=O) groups excluding carboxylic acids is 1. The Labute approximate surface area is 139 Å². The first-order valence-corrected chi connectivity index (χ1v) is 7.13. The van der Waals surface area contributed by atoms with Crippen molar-refractivity contribution in [2.75, 3.05) is 12.0 Å². The van der Waals surface area contributed by atoms with Gasteiger partial charge in [-0.25, -0.2) is 22.0 Å². The number of aryl methyl sites for hydroxylation is 1. The van der Waals surface area contributed by atoms with Gasteiger partial charge in [0.15, 0.2) is 29.9 Å². The number of halogens is 5. The van der Waals surface area contributed by atoms with Crippen LogP contribution in [-0.2, 0) is 11.2 Å². The lowest BCUT2D eigenvalue weighted by Gasteiger charge is -2.12. The number of nitrogens with one attached hydrogen (secondary N) is 2. The zero-order chi connectivity index (χ0) is 18.6. The van der Waals surface area contributed by atoms with E-state index in [1.807, 2.05) is 13.0 Å². The highest BCUT2D eigenvalue weighted by molar-refractivity contribution is 5.79. The molecule has 9 heteroatoms. The first-order valence-electron chi connectivity index (χ1n) is 7.13. The molecule has 0 spiro atoms. The van der Waals surface area contributed by atoms with Gasteiger partial charge in [-0.1, -0.05) is 19.1 Å². The standard InChI is InChI=1S/C16H13F5N2O2/c1-2-8-4-3-5-9(6-8)25-7-10(24)22-23-16-14(20)12(18)11(17)13(19)15(16)21/h3-6,23H,2,7H2,1H3,(H,22,24). The molecule has 0 atom stereocenters. The molecule has 0 fully saturated rings. The minimum atomic E-state index is -2.29. The summed E-state index contributed by atoms with van der Waals surface area (Å²) in [5.74, 6) is -11.2. The normalized spacial score (nSPS) is 10.5. The van der Waals surface area contributed by atoms with Gasteiger partial charge in [0.05, 0.1) is 0 Å². The molecule has 2 aromatic rings. The maximum atomic E-state index is 13.4. The summed E-state index contributed by atoms with van der Waals surface area (Å²) in [6.45, 7) is 1.40. The van der Waals surface area contributed by atoms with Crippen LogP contribution < -0.4 is 15.6 Å². The number of hydrogen-bond donors (Lipinski definition) is 2. The van der Waals surface area contributed by atoms with Crippen LogP contribution in [0.25, 0.3) is 0 Å². The van der Waals surface area contributed by atoms with Crippen LogP contribution in [0.4, 0.5) is 27.6 Å². The average Bonchev–Trinajstić information content (AvgIpc) is 2.63. The molecule has 0 unspecified atom stereocenters. The number of hydrogen-bond acceptors (Lipinski definition) is 3. The van der Waals surface area contributed by atoms with Gasteiger partial charge in [-0.3, -0.25) is 15.6 Å². The number of amides is 1. The summed E-state index contributed by atoms with van der Waals surface area (Å²) in [6.07, 6.45) is 0.755. The van der Waals surface area contributed by atoms with Gasteiger partial charge in [-0.2, -0.15) is 0 Å². The van der Waals surface area contributed by atoms with Crippen molar-refractivity contribution in [2.24, 2.45) is 0 Å². The molecule has 0 bridgehead atoms. The van der Waals surface area contributed by atoms with Crippen LogP contribution >= 0.6 is 0 Å². The third-order valence-corrected chi connectivity index (χ3v) is 3.21. The summed E-state index contributed by atoms with van der Waals surface area (Å²) < 4.78 is 71.0. The third kappa shape index (κ3) is 4.17. The predicted octanol–water partition coefficient (Wildman–Crippen LogP) is 3.47. The summed E-state index contributed by atoms with van der Waals surface area (Å²) >= 11 is 0. The van der Waals surface area contributed by atoms with E-state index in [1.54, 1.807) is 29.1 Å². The number of hydrazine groups is 1. The van der Waals surface area contributed by atoms with Gasteiger partial charge in [-0.05, 0) is 24.1 Å². The smallest absolute Gasteiger partial charge is 0.276 e. The molecule has 2 rings (SSSR count). The number of benzene rings is 2. The van der Waals surface area contributed by atoms with Crippen LogP contribution in [0.5, 0.6) is 5.75 Å². The molecule has 2 aromatic carbocycles. The second kappa shape index (κ2) is 7.82. The fourth-order valence-electron chi connectivity index (χ4n) is 1.89. The van der Waals surface area contributed by atoms with Crippen molar-refractivity contribution in [2.45, 2.75) is 13.3 Å². The second-order valence-corrected chi connectivity index (χ2v) is 4.91. The molecule has 0 heterocycles. The molecule has 0 aliphatic heterocycles. The molecule has 0 aromatic heterocycles. The van der Waals surface area contributed by atoms with Crippen LogP contribution in [0.2, 0.25) is 0 Å². The Balaban J connectivity index is 1.98. The van der Waals surface area contributed by atoms with Gasteiger partial charge in [0, 0.05) is 0 Å². The Morgan fingerprint density at radius 2 is 1.60 bits per heavy atom. The first kappa shape index (κ1) is 18.5. The topological polar surface area (TPSA) is 50.4 Å². The summed E-state index contributed by atoms with van der Waals surface area (Å²) in [5, 5.41) is 0. The van der Waals surface area contributed by atoms with E-state index in [2.05, 4.69) is 0 Å². The van der Waals surface area contributed by atoms with Crippen molar-refractivity contribution in [1.82, 2.24) is 5.43 Å². The predicted molar refractivity (Wildman–Crippen MR) is 79.3 cm³/mol. The first-order chi connectivity index (χ1) is 11.8. The van der Waals surface area contributed by atoms with E-state index in [1.165, 1.54) is 0 Å². The van der Waals surface area contributed by atoms with E-state index in [9.17, 15) is 26.7 Å². The SMILES string of the molecule is CCc1cccc(OCC(=O)NNc2c(F)c(F)c(F)c(F)c2F)c1. The van der Waals surface area contributed by atoms with Crippen molar-refractivity contribution < 1.29 is 31.5 Å². The van der Waals surface area contributed by atoms with Gasteiger partial charge < -0.3 is 4.74 Å². The van der Waals surface area contributed by atoms with Crippen LogP contribution in [0, 0.1) is 29.1 Å². The highest BCUT2D eigenvalue weighted by atomic mass is 19.2. The molecule has 0 aliphatic carbocycles. The van der Waals surface area contributed by atoms with Crippen LogP contribution in [-0.4, -0.2) is 12.5 Å². The molecule has 25 heavy (non-hydrogen) atoms. The molecule has 0 aliphatic rings. The monoisotopic (exact) mass is 360 g/mol. The Hall–Kier alpha value is -2.84. The lowest BCUT2D eigenvalue weighted by molar-refractivity contribution is -0.122. The van der Waals surface area contributed by atoms with Crippen LogP contribution in [0.1, 0.15) is 12.5 Å². The summed E-state index contributed by atoms with van der Waals surface area (Å²) in [5.41, 5.74) is 3.08. The third-order valence-electron chi connectivity index (χ3n) is 3.21. The fraction of sp³-hybridized carbons (Fsp3) is 0.188. The van der Waals surface area contributed by atoms with Crippen molar-refractivity contribution in [1.29, 1.82) is 0 Å². The van der Waals surface area contributed by atoms with Gasteiger partial charge in [0.2, 0.25) is 5.82 Å². The quantitative estimate of drug-likeness (QED) is 0.359. The zero-order valence-corrected chi connectivity index (χ0v) is 12.9. The van der Waals surface area contributed by atoms with Crippen LogP contribution in [0.3, 0.4) is 0 Å². The van der Waals surface area contributed by atoms with Gasteiger partial charge in [-0.15, -0.1) is 0 Å². The molecule has 1 amide bonds. The second-order valence-electron chi connectivity index (χ2n) is 4.91. The molecule has 4 nitrogen and oxygen atoms in total. The van der Waals surface area contributed by atoms with Crippen molar-refractivity contribution in [3.63, 3.8) is 0 Å². The summed E-state index contributed by atoms with van der Waals surface area (Å²) in [6, 6.07) is 6.88. The minimum Gasteiger partial charge on any atom is -0.484 e. The Morgan fingerprint density at radius 1 is 1.00 bits per heavy atom. The molecule has 0 radical (unpaired) electrons. The van der Waals surface area contributed by atoms with Gasteiger partial charge >= 0.3 is 0 Å². The van der Waals surface area contributed by atoms with Crippen molar-refractivity contribution in [3.05, 3.63) is 58.9 Å². The maximum Gasteiger partial charge on any atom is 0.276 e. The fourth-order valence-corrected chi connectivity index (χ4v) is 1.89. The Morgan fingerprint density at radius 3 is 2.20 bits per heavy atom. The average molecular weight is 360 g/mol. The van der Waals surface area contributed by atoms with Crippen LogP contribution in [0.15, 0.2) is 24.3 Å². The van der Waals surface area contributed by atoms with Gasteiger partial charge in [0.1, 0.15) is 11.4 Å². The molecule has 134 valence electrons. The molecular weight excluding hydrogens is 347 g/mol. The minimum absolute atomic E-state index is 0.394. The molecule has 2 N–H and O–H groups in total. The molecule has 0 saturated carbocycles. The lowest BCUT2D eigenvalue weighted by Crippen LogP contribution is -2.34. The molecule has 0 saturated heterocycles. The van der Waals surface area contributed by atoms with E-state index in [4.69, 9.17) is 4.74 Å². The van der Waals surface area contributed by atoms with Gasteiger partial charge in [0.25, 0.3) is 5.91 Å². The van der Waals surface area contributed by atoms with E-state index in [0.29, 0.717) is 5.75 Å². The Bertz CT molecular complexity index is 769. The van der Waals surface area contributed by atoms with Crippen molar-refractivity contribution in [3.8, 4) is 5.75 Å². The summed E-state index contributed by atoms with van der Waals surface area (Å²) in [7, 11) is 0.